The van der Waals surface area contributed by atoms with Crippen molar-refractivity contribution in [2.24, 2.45) is 5.73 Å². The molecule has 3 nitrogen and oxygen atoms in total. The van der Waals surface area contributed by atoms with E-state index in [4.69, 9.17) is 5.73 Å². The van der Waals surface area contributed by atoms with Gasteiger partial charge in [0.1, 0.15) is 0 Å². The van der Waals surface area contributed by atoms with Crippen molar-refractivity contribution in [2.45, 2.75) is 58.5 Å². The van der Waals surface area contributed by atoms with Crippen LogP contribution in [0.5, 0.6) is 0 Å². The van der Waals surface area contributed by atoms with Gasteiger partial charge >= 0.3 is 0 Å². The van der Waals surface area contributed by atoms with Crippen LogP contribution in [0.2, 0.25) is 0 Å². The molecule has 1 rings (SSSR count). The third kappa shape index (κ3) is 6.92. The first-order chi connectivity index (χ1) is 8.80. The first kappa shape index (κ1) is 18.9. The quantitative estimate of drug-likeness (QED) is 0.848. The van der Waals surface area contributed by atoms with Gasteiger partial charge < -0.3 is 11.1 Å². The molecule has 0 aliphatic carbocycles. The highest BCUT2D eigenvalue weighted by Crippen LogP contribution is 2.16. The number of benzene rings is 1. The molecule has 0 aromatic heterocycles. The van der Waals surface area contributed by atoms with Crippen LogP contribution in [0.1, 0.15) is 44.7 Å². The normalized spacial score (nSPS) is 12.4. The minimum absolute atomic E-state index is 0. The molecule has 0 radical (unpaired) electrons. The minimum atomic E-state index is -0.235. The Balaban J connectivity index is 0.00000361. The number of carbonyl (C=O) groups excluding carboxylic acids is 1. The van der Waals surface area contributed by atoms with Gasteiger partial charge in [0, 0.05) is 18.0 Å². The molecule has 0 saturated carbocycles. The van der Waals surface area contributed by atoms with Crippen molar-refractivity contribution in [3.05, 3.63) is 35.4 Å². The van der Waals surface area contributed by atoms with Crippen molar-refractivity contribution in [1.82, 2.24) is 5.32 Å². The van der Waals surface area contributed by atoms with Gasteiger partial charge in [-0.2, -0.15) is 0 Å². The molecule has 0 bridgehead atoms. The van der Waals surface area contributed by atoms with Crippen LogP contribution in [0.15, 0.2) is 24.3 Å². The Morgan fingerprint density at radius 3 is 2.50 bits per heavy atom. The predicted molar refractivity (Wildman–Crippen MR) is 87.2 cm³/mol. The number of hydrogen-bond acceptors (Lipinski definition) is 2. The highest BCUT2D eigenvalue weighted by molar-refractivity contribution is 5.85. The zero-order chi connectivity index (χ0) is 14.5. The average molecular weight is 299 g/mol. The summed E-state index contributed by atoms with van der Waals surface area (Å²) >= 11 is 0. The fraction of sp³-hybridized carbons (Fsp3) is 0.562. The van der Waals surface area contributed by atoms with Gasteiger partial charge in [-0.15, -0.1) is 12.4 Å². The second-order valence-corrected chi connectivity index (χ2v) is 6.05. The fourth-order valence-corrected chi connectivity index (χ4v) is 2.13. The monoisotopic (exact) mass is 298 g/mol. The zero-order valence-electron chi connectivity index (χ0n) is 12.9. The predicted octanol–water partition coefficient (Wildman–Crippen LogP) is 2.98. The van der Waals surface area contributed by atoms with Crippen molar-refractivity contribution < 1.29 is 4.79 Å². The summed E-state index contributed by atoms with van der Waals surface area (Å²) in [6, 6.07) is 8.36. The first-order valence-corrected chi connectivity index (χ1v) is 6.91. The van der Waals surface area contributed by atoms with Crippen molar-refractivity contribution in [1.29, 1.82) is 0 Å². The number of nitrogens with one attached hydrogen (secondary N) is 1. The number of rotatable bonds is 6. The summed E-state index contributed by atoms with van der Waals surface area (Å²) < 4.78 is 0. The SMILES string of the molecule is Cc1ccccc1CC(C)(C)NC(=O)CCC(C)N.Cl. The van der Waals surface area contributed by atoms with Gasteiger partial charge in [-0.05, 0) is 51.7 Å². The molecule has 1 aromatic rings. The number of hydrogen-bond donors (Lipinski definition) is 2. The van der Waals surface area contributed by atoms with Gasteiger partial charge in [0.05, 0.1) is 0 Å². The lowest BCUT2D eigenvalue weighted by Gasteiger charge is -2.27. The maximum atomic E-state index is 11.9. The number of carbonyl (C=O) groups is 1. The molecular weight excluding hydrogens is 272 g/mol. The summed E-state index contributed by atoms with van der Waals surface area (Å²) in [5.41, 5.74) is 7.97. The molecule has 0 aliphatic heterocycles. The van der Waals surface area contributed by atoms with Crippen LogP contribution in [0.4, 0.5) is 0 Å². The lowest BCUT2D eigenvalue weighted by atomic mass is 9.92. The minimum Gasteiger partial charge on any atom is -0.351 e. The van der Waals surface area contributed by atoms with Crippen molar-refractivity contribution >= 4 is 18.3 Å². The molecule has 114 valence electrons. The molecular formula is C16H27ClN2O. The zero-order valence-corrected chi connectivity index (χ0v) is 13.7. The molecule has 0 spiro atoms. The highest BCUT2D eigenvalue weighted by atomic mass is 35.5. The number of halogens is 1. The standard InChI is InChI=1S/C16H26N2O.ClH/c1-12-7-5-6-8-14(12)11-16(3,4)18-15(19)10-9-13(2)17;/h5-8,13H,9-11,17H2,1-4H3,(H,18,19);1H. The van der Waals surface area contributed by atoms with Crippen LogP contribution in [0.3, 0.4) is 0 Å². The van der Waals surface area contributed by atoms with Gasteiger partial charge in [-0.3, -0.25) is 4.79 Å². The summed E-state index contributed by atoms with van der Waals surface area (Å²) in [7, 11) is 0. The Bertz CT molecular complexity index is 430. The molecule has 20 heavy (non-hydrogen) atoms. The van der Waals surface area contributed by atoms with Gasteiger partial charge in [0.15, 0.2) is 0 Å². The maximum Gasteiger partial charge on any atom is 0.220 e. The summed E-state index contributed by atoms with van der Waals surface area (Å²) in [6.07, 6.45) is 2.06. The van der Waals surface area contributed by atoms with Crippen LogP contribution >= 0.6 is 12.4 Å². The molecule has 0 aliphatic rings. The Labute approximate surface area is 128 Å². The number of aryl methyl sites for hydroxylation is 1. The van der Waals surface area contributed by atoms with Gasteiger partial charge in [0.2, 0.25) is 5.91 Å². The first-order valence-electron chi connectivity index (χ1n) is 6.91. The topological polar surface area (TPSA) is 55.1 Å². The van der Waals surface area contributed by atoms with Crippen LogP contribution in [-0.4, -0.2) is 17.5 Å². The van der Waals surface area contributed by atoms with E-state index >= 15 is 0 Å². The molecule has 1 unspecified atom stereocenters. The van der Waals surface area contributed by atoms with E-state index in [1.54, 1.807) is 0 Å². The summed E-state index contributed by atoms with van der Waals surface area (Å²) in [5.74, 6) is 0.0795. The lowest BCUT2D eigenvalue weighted by Crippen LogP contribution is -2.45. The molecule has 1 amide bonds. The fourth-order valence-electron chi connectivity index (χ4n) is 2.13. The molecule has 0 saturated heterocycles. The Kier molecular flexibility index (Phi) is 7.84. The second kappa shape index (κ2) is 8.28. The van der Waals surface area contributed by atoms with E-state index in [0.29, 0.717) is 6.42 Å². The third-order valence-corrected chi connectivity index (χ3v) is 3.20. The van der Waals surface area contributed by atoms with E-state index in [1.165, 1.54) is 11.1 Å². The van der Waals surface area contributed by atoms with Gasteiger partial charge in [-0.1, -0.05) is 24.3 Å². The maximum absolute atomic E-state index is 11.9. The van der Waals surface area contributed by atoms with Crippen LogP contribution in [-0.2, 0) is 11.2 Å². The van der Waals surface area contributed by atoms with Crippen molar-refractivity contribution in [2.75, 3.05) is 0 Å². The van der Waals surface area contributed by atoms with E-state index in [-0.39, 0.29) is 29.9 Å². The van der Waals surface area contributed by atoms with Gasteiger partial charge in [-0.25, -0.2) is 0 Å². The van der Waals surface area contributed by atoms with E-state index in [1.807, 2.05) is 19.1 Å². The van der Waals surface area contributed by atoms with Crippen LogP contribution in [0, 0.1) is 6.92 Å². The molecule has 4 heteroatoms. The average Bonchev–Trinajstić information content (AvgIpc) is 2.28. The van der Waals surface area contributed by atoms with E-state index < -0.39 is 0 Å². The third-order valence-electron chi connectivity index (χ3n) is 3.20. The Morgan fingerprint density at radius 2 is 1.95 bits per heavy atom. The molecule has 1 atom stereocenters. The Hall–Kier alpha value is -1.06. The lowest BCUT2D eigenvalue weighted by molar-refractivity contribution is -0.122. The van der Waals surface area contributed by atoms with E-state index in [0.717, 1.165) is 12.8 Å². The van der Waals surface area contributed by atoms with Crippen LogP contribution in [0.25, 0.3) is 0 Å². The second-order valence-electron chi connectivity index (χ2n) is 6.05. The Morgan fingerprint density at radius 1 is 1.35 bits per heavy atom. The van der Waals surface area contributed by atoms with Crippen molar-refractivity contribution in [3.63, 3.8) is 0 Å². The van der Waals surface area contributed by atoms with Crippen LogP contribution < -0.4 is 11.1 Å². The van der Waals surface area contributed by atoms with E-state index in [9.17, 15) is 4.79 Å². The van der Waals surface area contributed by atoms with E-state index in [2.05, 4.69) is 38.2 Å². The molecule has 0 fully saturated rings. The summed E-state index contributed by atoms with van der Waals surface area (Å²) in [5, 5.41) is 3.09. The molecule has 3 N–H and O–H groups in total. The van der Waals surface area contributed by atoms with Crippen molar-refractivity contribution in [3.8, 4) is 0 Å². The highest BCUT2D eigenvalue weighted by Gasteiger charge is 2.21. The summed E-state index contributed by atoms with van der Waals surface area (Å²) in [4.78, 5) is 11.9. The smallest absolute Gasteiger partial charge is 0.220 e. The number of amides is 1. The summed E-state index contributed by atoms with van der Waals surface area (Å²) in [6.45, 7) is 8.14. The number of nitrogens with two attached hydrogens (primary N) is 1. The largest absolute Gasteiger partial charge is 0.351 e. The molecule has 0 heterocycles. The van der Waals surface area contributed by atoms with Gasteiger partial charge in [0.25, 0.3) is 0 Å². The molecule has 1 aromatic carbocycles.